The van der Waals surface area contributed by atoms with Crippen LogP contribution in [0.2, 0.25) is 0 Å². The predicted octanol–water partition coefficient (Wildman–Crippen LogP) is 5.37. The molecule has 142 valence electrons. The summed E-state index contributed by atoms with van der Waals surface area (Å²) in [5.74, 6) is -3.69. The molecule has 0 radical (unpaired) electrons. The third-order valence-corrected chi connectivity index (χ3v) is 3.44. The van der Waals surface area contributed by atoms with Gasteiger partial charge in [0.05, 0.1) is 6.61 Å². The lowest BCUT2D eigenvalue weighted by atomic mass is 10.1. The summed E-state index contributed by atoms with van der Waals surface area (Å²) in [5, 5.41) is 0. The Morgan fingerprint density at radius 2 is 1.42 bits per heavy atom. The third-order valence-electron chi connectivity index (χ3n) is 3.44. The molecule has 0 heterocycles. The summed E-state index contributed by atoms with van der Waals surface area (Å²) in [6.07, 6.45) is -1.94. The Kier molecular flexibility index (Phi) is 6.71. The van der Waals surface area contributed by atoms with Crippen LogP contribution in [0.1, 0.15) is 25.8 Å². The molecule has 0 N–H and O–H groups in total. The molecule has 0 aliphatic carbocycles. The van der Waals surface area contributed by atoms with Gasteiger partial charge in [-0.25, -0.2) is 0 Å². The van der Waals surface area contributed by atoms with Crippen molar-refractivity contribution in [1.29, 1.82) is 0 Å². The van der Waals surface area contributed by atoms with Gasteiger partial charge in [-0.1, -0.05) is 25.5 Å². The standard InChI is InChI=1S/C19H20F4O3/c1-3-5-13-6-8-14(9-7-13)26-19(22,23)12-25-16-11-10-15(24-4-2)17(20)18(16)21/h6-11H,3-5,12H2,1-2H3. The summed E-state index contributed by atoms with van der Waals surface area (Å²) >= 11 is 0. The Morgan fingerprint density at radius 3 is 1.96 bits per heavy atom. The van der Waals surface area contributed by atoms with E-state index in [9.17, 15) is 17.6 Å². The number of hydrogen-bond donors (Lipinski definition) is 0. The van der Waals surface area contributed by atoms with Crippen molar-refractivity contribution in [2.45, 2.75) is 32.8 Å². The van der Waals surface area contributed by atoms with Gasteiger partial charge in [0.15, 0.2) is 18.1 Å². The van der Waals surface area contributed by atoms with E-state index in [0.717, 1.165) is 30.5 Å². The number of rotatable bonds is 9. The quantitative estimate of drug-likeness (QED) is 0.554. The monoisotopic (exact) mass is 372 g/mol. The van der Waals surface area contributed by atoms with Crippen molar-refractivity contribution in [3.8, 4) is 17.2 Å². The summed E-state index contributed by atoms with van der Waals surface area (Å²) < 4.78 is 69.5. The van der Waals surface area contributed by atoms with Gasteiger partial charge >= 0.3 is 6.11 Å². The second-order valence-corrected chi connectivity index (χ2v) is 5.54. The van der Waals surface area contributed by atoms with Crippen LogP contribution in [0.4, 0.5) is 17.6 Å². The first-order chi connectivity index (χ1) is 12.4. The summed E-state index contributed by atoms with van der Waals surface area (Å²) in [5.41, 5.74) is 1.01. The van der Waals surface area contributed by atoms with Crippen LogP contribution < -0.4 is 14.2 Å². The van der Waals surface area contributed by atoms with Crippen molar-refractivity contribution in [1.82, 2.24) is 0 Å². The maximum atomic E-state index is 13.9. The average Bonchev–Trinajstić information content (AvgIpc) is 2.60. The second kappa shape index (κ2) is 8.78. The molecule has 0 amide bonds. The summed E-state index contributed by atoms with van der Waals surface area (Å²) in [4.78, 5) is 0. The molecule has 0 aliphatic rings. The highest BCUT2D eigenvalue weighted by Crippen LogP contribution is 2.29. The van der Waals surface area contributed by atoms with Crippen LogP contribution in [-0.2, 0) is 6.42 Å². The molecular weight excluding hydrogens is 352 g/mol. The maximum absolute atomic E-state index is 13.9. The van der Waals surface area contributed by atoms with Crippen LogP contribution in [0, 0.1) is 11.6 Å². The number of aryl methyl sites for hydroxylation is 1. The molecule has 0 saturated heterocycles. The molecule has 0 atom stereocenters. The van der Waals surface area contributed by atoms with Crippen molar-refractivity contribution in [2.24, 2.45) is 0 Å². The van der Waals surface area contributed by atoms with E-state index in [1.54, 1.807) is 19.1 Å². The van der Waals surface area contributed by atoms with Crippen molar-refractivity contribution < 1.29 is 31.8 Å². The molecule has 0 spiro atoms. The molecule has 2 aromatic carbocycles. The van der Waals surface area contributed by atoms with Crippen LogP contribution in [0.3, 0.4) is 0 Å². The smallest absolute Gasteiger partial charge is 0.432 e. The fourth-order valence-corrected chi connectivity index (χ4v) is 2.27. The van der Waals surface area contributed by atoms with Crippen molar-refractivity contribution in [2.75, 3.05) is 13.2 Å². The summed E-state index contributed by atoms with van der Waals surface area (Å²) in [6.45, 7) is 2.49. The van der Waals surface area contributed by atoms with Crippen molar-refractivity contribution >= 4 is 0 Å². The number of ether oxygens (including phenoxy) is 3. The van der Waals surface area contributed by atoms with Gasteiger partial charge in [-0.3, -0.25) is 0 Å². The highest BCUT2D eigenvalue weighted by molar-refractivity contribution is 5.35. The zero-order valence-electron chi connectivity index (χ0n) is 14.5. The Morgan fingerprint density at radius 1 is 0.846 bits per heavy atom. The molecule has 0 fully saturated rings. The van der Waals surface area contributed by atoms with Gasteiger partial charge in [0.1, 0.15) is 5.75 Å². The number of benzene rings is 2. The zero-order valence-corrected chi connectivity index (χ0v) is 14.5. The van der Waals surface area contributed by atoms with Crippen molar-refractivity contribution in [3.63, 3.8) is 0 Å². The van der Waals surface area contributed by atoms with Crippen LogP contribution in [0.25, 0.3) is 0 Å². The van der Waals surface area contributed by atoms with Crippen LogP contribution in [-0.4, -0.2) is 19.3 Å². The van der Waals surface area contributed by atoms with E-state index in [1.807, 2.05) is 6.92 Å². The van der Waals surface area contributed by atoms with E-state index in [1.165, 1.54) is 12.1 Å². The lowest BCUT2D eigenvalue weighted by Crippen LogP contribution is -2.32. The van der Waals surface area contributed by atoms with Gasteiger partial charge in [0, 0.05) is 0 Å². The molecule has 26 heavy (non-hydrogen) atoms. The van der Waals surface area contributed by atoms with Gasteiger partial charge in [-0.05, 0) is 43.2 Å². The molecule has 2 rings (SSSR count). The predicted molar refractivity (Wildman–Crippen MR) is 89.0 cm³/mol. The highest BCUT2D eigenvalue weighted by atomic mass is 19.3. The fraction of sp³-hybridized carbons (Fsp3) is 0.368. The second-order valence-electron chi connectivity index (χ2n) is 5.54. The van der Waals surface area contributed by atoms with E-state index in [-0.39, 0.29) is 18.1 Å². The minimum absolute atomic E-state index is 0.0446. The largest absolute Gasteiger partial charge is 0.491 e. The van der Waals surface area contributed by atoms with E-state index >= 15 is 0 Å². The summed E-state index contributed by atoms with van der Waals surface area (Å²) in [7, 11) is 0. The Labute approximate surface area is 149 Å². The number of alkyl halides is 2. The van der Waals surface area contributed by atoms with Gasteiger partial charge in [-0.2, -0.15) is 17.6 Å². The molecule has 3 nitrogen and oxygen atoms in total. The molecular formula is C19H20F4O3. The van der Waals surface area contributed by atoms with Crippen LogP contribution in [0.5, 0.6) is 17.2 Å². The molecule has 7 heteroatoms. The van der Waals surface area contributed by atoms with Gasteiger partial charge in [0.25, 0.3) is 0 Å². The SMILES string of the molecule is CCCc1ccc(OC(F)(F)COc2ccc(OCC)c(F)c2F)cc1. The Hall–Kier alpha value is -2.44. The van der Waals surface area contributed by atoms with Crippen molar-refractivity contribution in [3.05, 3.63) is 53.6 Å². The molecule has 0 aromatic heterocycles. The number of halogens is 4. The van der Waals surface area contributed by atoms with Crippen LogP contribution >= 0.6 is 0 Å². The molecule has 0 saturated carbocycles. The lowest BCUT2D eigenvalue weighted by molar-refractivity contribution is -0.195. The van der Waals surface area contributed by atoms with Gasteiger partial charge in [-0.15, -0.1) is 0 Å². The highest BCUT2D eigenvalue weighted by Gasteiger charge is 2.34. The van der Waals surface area contributed by atoms with Gasteiger partial charge < -0.3 is 14.2 Å². The minimum atomic E-state index is -3.71. The van der Waals surface area contributed by atoms with E-state index in [4.69, 9.17) is 9.47 Å². The first kappa shape index (κ1) is 19.9. The first-order valence-corrected chi connectivity index (χ1v) is 8.25. The maximum Gasteiger partial charge on any atom is 0.432 e. The van der Waals surface area contributed by atoms with Crippen LogP contribution in [0.15, 0.2) is 36.4 Å². The molecule has 0 bridgehead atoms. The molecule has 0 aliphatic heterocycles. The number of hydrogen-bond acceptors (Lipinski definition) is 3. The molecule has 2 aromatic rings. The lowest BCUT2D eigenvalue weighted by Gasteiger charge is -2.19. The molecule has 0 unspecified atom stereocenters. The third kappa shape index (κ3) is 5.28. The Balaban J connectivity index is 2.00. The van der Waals surface area contributed by atoms with E-state index < -0.39 is 30.1 Å². The summed E-state index contributed by atoms with van der Waals surface area (Å²) in [6, 6.07) is 8.38. The van der Waals surface area contributed by atoms with E-state index in [2.05, 4.69) is 4.74 Å². The Bertz CT molecular complexity index is 717. The fourth-order valence-electron chi connectivity index (χ4n) is 2.27. The first-order valence-electron chi connectivity index (χ1n) is 8.25. The minimum Gasteiger partial charge on any atom is -0.491 e. The van der Waals surface area contributed by atoms with E-state index in [0.29, 0.717) is 0 Å². The average molecular weight is 372 g/mol. The van der Waals surface area contributed by atoms with Gasteiger partial charge in [0.2, 0.25) is 11.6 Å². The zero-order chi connectivity index (χ0) is 19.2. The topological polar surface area (TPSA) is 27.7 Å². The normalized spacial score (nSPS) is 11.3.